The summed E-state index contributed by atoms with van der Waals surface area (Å²) in [6.07, 6.45) is 8.04. The normalized spacial score (nSPS) is 29.2. The van der Waals surface area contributed by atoms with Crippen molar-refractivity contribution in [2.24, 2.45) is 17.3 Å². The molecule has 142 valence electrons. The van der Waals surface area contributed by atoms with Gasteiger partial charge in [0.25, 0.3) is 0 Å². The molecule has 1 saturated carbocycles. The number of fused-ring (bicyclic) bond motifs is 1. The van der Waals surface area contributed by atoms with Gasteiger partial charge in [0.05, 0.1) is 11.9 Å². The molecule has 0 spiro atoms. The summed E-state index contributed by atoms with van der Waals surface area (Å²) in [6, 6.07) is 0. The number of hydrogen-bond donors (Lipinski definition) is 0. The number of carbonyl (C=O) groups excluding carboxylic acids is 1. The molecule has 5 heteroatoms. The SMILES string of the molecule is CO/C(=C\C[C@@H](C)C1=CC[C@H]2C(=O)CCC[C@]12C)S(=O)(=O)C(C)(C)C. The van der Waals surface area contributed by atoms with Gasteiger partial charge in [0, 0.05) is 12.3 Å². The summed E-state index contributed by atoms with van der Waals surface area (Å²) in [7, 11) is -2.08. The van der Waals surface area contributed by atoms with E-state index in [1.165, 1.54) is 12.7 Å². The van der Waals surface area contributed by atoms with E-state index in [0.29, 0.717) is 18.6 Å². The predicted octanol–water partition coefficient (Wildman–Crippen LogP) is 4.42. The molecule has 0 aromatic rings. The third-order valence-corrected chi connectivity index (χ3v) is 8.43. The minimum absolute atomic E-state index is 0.0480. The molecule has 0 aromatic carbocycles. The number of sulfone groups is 1. The number of allylic oxidation sites excluding steroid dienone is 3. The highest BCUT2D eigenvalue weighted by Gasteiger charge is 2.47. The lowest BCUT2D eigenvalue weighted by Crippen LogP contribution is -2.36. The van der Waals surface area contributed by atoms with Crippen molar-refractivity contribution in [2.75, 3.05) is 7.11 Å². The number of rotatable bonds is 5. The molecule has 0 aromatic heterocycles. The molecule has 0 heterocycles. The molecule has 0 amide bonds. The minimum atomic E-state index is -3.49. The second-order valence-corrected chi connectivity index (χ2v) is 11.3. The van der Waals surface area contributed by atoms with E-state index in [9.17, 15) is 13.2 Å². The van der Waals surface area contributed by atoms with Crippen LogP contribution in [-0.2, 0) is 19.4 Å². The highest BCUT2D eigenvalue weighted by atomic mass is 32.2. The molecule has 2 aliphatic rings. The maximum atomic E-state index is 12.6. The van der Waals surface area contributed by atoms with E-state index >= 15 is 0 Å². The average molecular weight is 369 g/mol. The van der Waals surface area contributed by atoms with Crippen LogP contribution in [0.1, 0.15) is 66.7 Å². The van der Waals surface area contributed by atoms with Crippen LogP contribution in [0.3, 0.4) is 0 Å². The van der Waals surface area contributed by atoms with Gasteiger partial charge < -0.3 is 4.74 Å². The summed E-state index contributed by atoms with van der Waals surface area (Å²) in [5.41, 5.74) is 1.25. The Morgan fingerprint density at radius 2 is 2.08 bits per heavy atom. The number of methoxy groups -OCH3 is 1. The van der Waals surface area contributed by atoms with Gasteiger partial charge in [0.2, 0.25) is 14.9 Å². The zero-order valence-electron chi connectivity index (χ0n) is 16.4. The third kappa shape index (κ3) is 3.57. The van der Waals surface area contributed by atoms with Gasteiger partial charge in [-0.2, -0.15) is 0 Å². The van der Waals surface area contributed by atoms with Crippen molar-refractivity contribution < 1.29 is 17.9 Å². The Balaban J connectivity index is 2.20. The first-order valence-electron chi connectivity index (χ1n) is 9.17. The molecular weight excluding hydrogens is 336 g/mol. The van der Waals surface area contributed by atoms with E-state index in [1.54, 1.807) is 26.8 Å². The smallest absolute Gasteiger partial charge is 0.215 e. The van der Waals surface area contributed by atoms with Gasteiger partial charge in [-0.1, -0.05) is 25.5 Å². The predicted molar refractivity (Wildman–Crippen MR) is 101 cm³/mol. The molecule has 0 bridgehead atoms. The lowest BCUT2D eigenvalue weighted by Gasteiger charge is -2.40. The van der Waals surface area contributed by atoms with Crippen LogP contribution in [0, 0.1) is 17.3 Å². The number of hydrogen-bond acceptors (Lipinski definition) is 4. The fraction of sp³-hybridized carbons (Fsp3) is 0.750. The molecule has 3 atom stereocenters. The van der Waals surface area contributed by atoms with Crippen molar-refractivity contribution in [1.29, 1.82) is 0 Å². The van der Waals surface area contributed by atoms with Gasteiger partial charge in [0.15, 0.2) is 0 Å². The first-order chi connectivity index (χ1) is 11.4. The lowest BCUT2D eigenvalue weighted by atomic mass is 9.63. The topological polar surface area (TPSA) is 60.4 Å². The van der Waals surface area contributed by atoms with Gasteiger partial charge in [-0.15, -0.1) is 0 Å². The Labute approximate surface area is 152 Å². The fourth-order valence-electron chi connectivity index (χ4n) is 4.32. The quantitative estimate of drug-likeness (QED) is 0.532. The van der Waals surface area contributed by atoms with Crippen LogP contribution in [0.25, 0.3) is 0 Å². The fourth-order valence-corrected chi connectivity index (χ4v) is 5.46. The van der Waals surface area contributed by atoms with Crippen LogP contribution < -0.4 is 0 Å². The molecule has 2 rings (SSSR count). The highest BCUT2D eigenvalue weighted by Crippen LogP contribution is 2.53. The Bertz CT molecular complexity index is 694. The number of carbonyl (C=O) groups is 1. The zero-order chi connectivity index (χ0) is 19.0. The van der Waals surface area contributed by atoms with Gasteiger partial charge in [-0.3, -0.25) is 4.79 Å². The van der Waals surface area contributed by atoms with E-state index in [-0.39, 0.29) is 22.3 Å². The van der Waals surface area contributed by atoms with Crippen molar-refractivity contribution in [3.63, 3.8) is 0 Å². The highest BCUT2D eigenvalue weighted by molar-refractivity contribution is 7.96. The lowest BCUT2D eigenvalue weighted by molar-refractivity contribution is -0.128. The van der Waals surface area contributed by atoms with E-state index in [2.05, 4.69) is 19.9 Å². The minimum Gasteiger partial charge on any atom is -0.487 e. The van der Waals surface area contributed by atoms with Crippen LogP contribution in [0.2, 0.25) is 0 Å². The van der Waals surface area contributed by atoms with Crippen LogP contribution in [0.5, 0.6) is 0 Å². The summed E-state index contributed by atoms with van der Waals surface area (Å²) in [5, 5.41) is 0.0480. The summed E-state index contributed by atoms with van der Waals surface area (Å²) in [4.78, 5) is 12.3. The molecule has 0 aliphatic heterocycles. The third-order valence-electron chi connectivity index (χ3n) is 5.95. The molecule has 2 aliphatic carbocycles. The standard InChI is InChI=1S/C20H32O4S/c1-14(9-12-18(24-6)25(22,23)19(2,3)4)15-10-11-16-17(21)8-7-13-20(15,16)5/h10,12,14,16H,7-9,11,13H2,1-6H3/b18-12+/t14-,16+,20-/m1/s1. The van der Waals surface area contributed by atoms with Crippen LogP contribution in [-0.4, -0.2) is 26.1 Å². The molecule has 0 N–H and O–H groups in total. The van der Waals surface area contributed by atoms with Gasteiger partial charge in [0.1, 0.15) is 5.78 Å². The largest absolute Gasteiger partial charge is 0.487 e. The van der Waals surface area contributed by atoms with E-state index in [1.807, 2.05) is 0 Å². The van der Waals surface area contributed by atoms with Crippen LogP contribution in [0.4, 0.5) is 0 Å². The summed E-state index contributed by atoms with van der Waals surface area (Å²) in [6.45, 7) is 9.36. The van der Waals surface area contributed by atoms with Crippen LogP contribution >= 0.6 is 0 Å². The van der Waals surface area contributed by atoms with Crippen molar-refractivity contribution in [3.8, 4) is 0 Å². The van der Waals surface area contributed by atoms with Crippen molar-refractivity contribution >= 4 is 15.6 Å². The first kappa shape index (κ1) is 20.2. The van der Waals surface area contributed by atoms with E-state index < -0.39 is 14.6 Å². The average Bonchev–Trinajstić information content (AvgIpc) is 2.84. The maximum Gasteiger partial charge on any atom is 0.215 e. The number of Topliss-reactive ketones (excluding diaryl/α,β-unsaturated/α-hetero) is 1. The van der Waals surface area contributed by atoms with E-state index in [4.69, 9.17) is 4.74 Å². The van der Waals surface area contributed by atoms with Gasteiger partial charge in [-0.05, 0) is 63.9 Å². The Morgan fingerprint density at radius 1 is 1.44 bits per heavy atom. The number of ketones is 1. The Hall–Kier alpha value is -1.10. The monoisotopic (exact) mass is 368 g/mol. The van der Waals surface area contributed by atoms with Gasteiger partial charge >= 0.3 is 0 Å². The Morgan fingerprint density at radius 3 is 2.64 bits per heavy atom. The van der Waals surface area contributed by atoms with Crippen molar-refractivity contribution in [2.45, 2.75) is 71.5 Å². The molecule has 1 fully saturated rings. The molecule has 25 heavy (non-hydrogen) atoms. The van der Waals surface area contributed by atoms with Crippen LogP contribution in [0.15, 0.2) is 22.8 Å². The molecular formula is C20H32O4S. The van der Waals surface area contributed by atoms with E-state index in [0.717, 1.165) is 19.3 Å². The van der Waals surface area contributed by atoms with Gasteiger partial charge in [-0.25, -0.2) is 8.42 Å². The summed E-state index contributed by atoms with van der Waals surface area (Å²) >= 11 is 0. The first-order valence-corrected chi connectivity index (χ1v) is 10.7. The maximum absolute atomic E-state index is 12.6. The molecule has 0 radical (unpaired) electrons. The zero-order valence-corrected chi connectivity index (χ0v) is 17.2. The second-order valence-electron chi connectivity index (χ2n) is 8.66. The van der Waals surface area contributed by atoms with Crippen molar-refractivity contribution in [1.82, 2.24) is 0 Å². The summed E-state index contributed by atoms with van der Waals surface area (Å²) < 4.78 is 29.5. The second kappa shape index (κ2) is 6.90. The molecule has 0 unspecified atom stereocenters. The summed E-state index contributed by atoms with van der Waals surface area (Å²) in [5.74, 6) is 0.694. The Kier molecular flexibility index (Phi) is 5.58. The number of ether oxygens (including phenoxy) is 1. The molecule has 4 nitrogen and oxygen atoms in total. The molecule has 0 saturated heterocycles. The van der Waals surface area contributed by atoms with Crippen molar-refractivity contribution in [3.05, 3.63) is 22.8 Å².